The smallest absolute Gasteiger partial charge is 0.265 e. The van der Waals surface area contributed by atoms with Gasteiger partial charge in [-0.2, -0.15) is 0 Å². The van der Waals surface area contributed by atoms with Crippen LogP contribution in [0.4, 0.5) is 10.1 Å². The third kappa shape index (κ3) is 3.75. The lowest BCUT2D eigenvalue weighted by molar-refractivity contribution is -0.122. The number of halogens is 1. The number of nitrogens with one attached hydrogen (secondary N) is 1. The standard InChI is InChI=1S/C17H14FN3O3/c1-11(16(22)20-14-6-4-13(18)5-7-14)24-15-8-2-12(3-9-15)17-21-19-10-23-17/h2-11H,1H3,(H,20,22)/t11-/m1/s1. The predicted molar refractivity (Wildman–Crippen MR) is 84.9 cm³/mol. The molecule has 0 saturated carbocycles. The monoisotopic (exact) mass is 327 g/mol. The van der Waals surface area contributed by atoms with E-state index in [4.69, 9.17) is 9.15 Å². The Bertz CT molecular complexity index is 802. The Morgan fingerprint density at radius 1 is 1.17 bits per heavy atom. The van der Waals surface area contributed by atoms with Crippen molar-refractivity contribution in [2.75, 3.05) is 5.32 Å². The number of carbonyl (C=O) groups is 1. The Kier molecular flexibility index (Phi) is 4.51. The summed E-state index contributed by atoms with van der Waals surface area (Å²) in [6.45, 7) is 1.63. The molecule has 1 aromatic heterocycles. The van der Waals surface area contributed by atoms with Gasteiger partial charge in [0.2, 0.25) is 12.3 Å². The number of aromatic nitrogens is 2. The summed E-state index contributed by atoms with van der Waals surface area (Å²) >= 11 is 0. The lowest BCUT2D eigenvalue weighted by Gasteiger charge is -2.15. The minimum Gasteiger partial charge on any atom is -0.481 e. The molecule has 0 unspecified atom stereocenters. The molecule has 0 aliphatic carbocycles. The average Bonchev–Trinajstić information content (AvgIpc) is 3.12. The minimum atomic E-state index is -0.718. The molecule has 0 saturated heterocycles. The molecule has 0 radical (unpaired) electrons. The Labute approximate surface area is 137 Å². The minimum absolute atomic E-state index is 0.331. The quantitative estimate of drug-likeness (QED) is 0.778. The molecular formula is C17H14FN3O3. The van der Waals surface area contributed by atoms with Crippen LogP contribution < -0.4 is 10.1 Å². The van der Waals surface area contributed by atoms with Gasteiger partial charge in [0, 0.05) is 11.3 Å². The molecule has 0 bridgehead atoms. The molecule has 6 nitrogen and oxygen atoms in total. The first kappa shape index (κ1) is 15.7. The highest BCUT2D eigenvalue weighted by atomic mass is 19.1. The van der Waals surface area contributed by atoms with E-state index in [1.165, 1.54) is 30.7 Å². The van der Waals surface area contributed by atoms with Crippen molar-refractivity contribution in [2.45, 2.75) is 13.0 Å². The maximum absolute atomic E-state index is 12.9. The Hall–Kier alpha value is -3.22. The fourth-order valence-electron chi connectivity index (χ4n) is 2.01. The van der Waals surface area contributed by atoms with Gasteiger partial charge in [-0.05, 0) is 55.5 Å². The fraction of sp³-hybridized carbons (Fsp3) is 0.118. The second-order valence-corrected chi connectivity index (χ2v) is 5.02. The molecule has 3 aromatic rings. The number of benzene rings is 2. The molecule has 3 rings (SSSR count). The zero-order chi connectivity index (χ0) is 16.9. The van der Waals surface area contributed by atoms with E-state index < -0.39 is 6.10 Å². The summed E-state index contributed by atoms with van der Waals surface area (Å²) in [7, 11) is 0. The van der Waals surface area contributed by atoms with Crippen LogP contribution in [0.2, 0.25) is 0 Å². The molecule has 2 aromatic carbocycles. The van der Waals surface area contributed by atoms with E-state index in [0.717, 1.165) is 5.56 Å². The lowest BCUT2D eigenvalue weighted by atomic mass is 10.2. The number of hydrogen-bond acceptors (Lipinski definition) is 5. The number of carbonyl (C=O) groups excluding carboxylic acids is 1. The molecule has 1 amide bonds. The van der Waals surface area contributed by atoms with Crippen molar-refractivity contribution in [3.8, 4) is 17.2 Å². The molecule has 0 aliphatic heterocycles. The molecular weight excluding hydrogens is 313 g/mol. The van der Waals surface area contributed by atoms with Crippen molar-refractivity contribution in [3.63, 3.8) is 0 Å². The lowest BCUT2D eigenvalue weighted by Crippen LogP contribution is -2.30. The summed E-state index contributed by atoms with van der Waals surface area (Å²) in [5, 5.41) is 10.1. The largest absolute Gasteiger partial charge is 0.481 e. The van der Waals surface area contributed by atoms with Crippen LogP contribution in [0.5, 0.6) is 5.75 Å². The van der Waals surface area contributed by atoms with Gasteiger partial charge in [0.1, 0.15) is 11.6 Å². The number of rotatable bonds is 5. The van der Waals surface area contributed by atoms with Crippen molar-refractivity contribution in [1.82, 2.24) is 10.2 Å². The third-order valence-electron chi connectivity index (χ3n) is 3.26. The normalized spacial score (nSPS) is 11.8. The SMILES string of the molecule is C[C@@H](Oc1ccc(-c2nnco2)cc1)C(=O)Nc1ccc(F)cc1. The van der Waals surface area contributed by atoms with Crippen LogP contribution in [-0.4, -0.2) is 22.2 Å². The molecule has 0 aliphatic rings. The molecule has 122 valence electrons. The van der Waals surface area contributed by atoms with E-state index in [2.05, 4.69) is 15.5 Å². The van der Waals surface area contributed by atoms with Gasteiger partial charge in [0.05, 0.1) is 0 Å². The van der Waals surface area contributed by atoms with E-state index in [1.54, 1.807) is 31.2 Å². The van der Waals surface area contributed by atoms with Crippen LogP contribution >= 0.6 is 0 Å². The van der Waals surface area contributed by atoms with Gasteiger partial charge in [0.15, 0.2) is 6.10 Å². The zero-order valence-electron chi connectivity index (χ0n) is 12.8. The van der Waals surface area contributed by atoms with Crippen LogP contribution in [0.1, 0.15) is 6.92 Å². The van der Waals surface area contributed by atoms with E-state index in [1.807, 2.05) is 0 Å². The Balaban J connectivity index is 1.60. The van der Waals surface area contributed by atoms with Crippen molar-refractivity contribution in [1.29, 1.82) is 0 Å². The first-order valence-corrected chi connectivity index (χ1v) is 7.21. The maximum atomic E-state index is 12.9. The number of ether oxygens (including phenoxy) is 1. The summed E-state index contributed by atoms with van der Waals surface area (Å²) in [5.74, 6) is 0.241. The van der Waals surface area contributed by atoms with Crippen LogP contribution in [0.15, 0.2) is 59.3 Å². The average molecular weight is 327 g/mol. The number of anilines is 1. The topological polar surface area (TPSA) is 77.2 Å². The number of hydrogen-bond donors (Lipinski definition) is 1. The summed E-state index contributed by atoms with van der Waals surface area (Å²) in [6.07, 6.45) is 0.533. The van der Waals surface area contributed by atoms with Crippen molar-refractivity contribution in [3.05, 3.63) is 60.7 Å². The van der Waals surface area contributed by atoms with Gasteiger partial charge in [-0.1, -0.05) is 0 Å². The summed E-state index contributed by atoms with van der Waals surface area (Å²) in [4.78, 5) is 12.1. The molecule has 1 atom stereocenters. The summed E-state index contributed by atoms with van der Waals surface area (Å²) < 4.78 is 23.5. The molecule has 7 heteroatoms. The highest BCUT2D eigenvalue weighted by Crippen LogP contribution is 2.21. The van der Waals surface area contributed by atoms with E-state index in [0.29, 0.717) is 17.3 Å². The van der Waals surface area contributed by atoms with E-state index >= 15 is 0 Å². The van der Waals surface area contributed by atoms with Crippen LogP contribution in [0.3, 0.4) is 0 Å². The third-order valence-corrected chi connectivity index (χ3v) is 3.26. The maximum Gasteiger partial charge on any atom is 0.265 e. The second kappa shape index (κ2) is 6.91. The van der Waals surface area contributed by atoms with Gasteiger partial charge in [0.25, 0.3) is 5.91 Å². The second-order valence-electron chi connectivity index (χ2n) is 5.02. The van der Waals surface area contributed by atoms with Crippen LogP contribution in [0, 0.1) is 5.82 Å². The Morgan fingerprint density at radius 3 is 2.50 bits per heavy atom. The highest BCUT2D eigenvalue weighted by Gasteiger charge is 2.15. The molecule has 0 spiro atoms. The molecule has 0 fully saturated rings. The number of amides is 1. The van der Waals surface area contributed by atoms with Gasteiger partial charge in [-0.25, -0.2) is 4.39 Å². The zero-order valence-corrected chi connectivity index (χ0v) is 12.8. The Morgan fingerprint density at radius 2 is 1.88 bits per heavy atom. The predicted octanol–water partition coefficient (Wildman–Crippen LogP) is 3.28. The first-order chi connectivity index (χ1) is 11.6. The fourth-order valence-corrected chi connectivity index (χ4v) is 2.01. The molecule has 1 heterocycles. The van der Waals surface area contributed by atoms with Gasteiger partial charge >= 0.3 is 0 Å². The van der Waals surface area contributed by atoms with E-state index in [-0.39, 0.29) is 11.7 Å². The van der Waals surface area contributed by atoms with Crippen molar-refractivity contribution >= 4 is 11.6 Å². The van der Waals surface area contributed by atoms with Crippen molar-refractivity contribution in [2.24, 2.45) is 0 Å². The molecule has 24 heavy (non-hydrogen) atoms. The number of nitrogens with zero attached hydrogens (tertiary/aromatic N) is 2. The van der Waals surface area contributed by atoms with Crippen LogP contribution in [0.25, 0.3) is 11.5 Å². The summed E-state index contributed by atoms with van der Waals surface area (Å²) in [5.41, 5.74) is 1.26. The highest BCUT2D eigenvalue weighted by molar-refractivity contribution is 5.94. The van der Waals surface area contributed by atoms with Gasteiger partial charge < -0.3 is 14.5 Å². The first-order valence-electron chi connectivity index (χ1n) is 7.21. The van der Waals surface area contributed by atoms with Gasteiger partial charge in [-0.3, -0.25) is 4.79 Å². The summed E-state index contributed by atoms with van der Waals surface area (Å²) in [6, 6.07) is 12.5. The molecule has 1 N–H and O–H groups in total. The van der Waals surface area contributed by atoms with Crippen molar-refractivity contribution < 1.29 is 18.3 Å². The van der Waals surface area contributed by atoms with E-state index in [9.17, 15) is 9.18 Å². The van der Waals surface area contributed by atoms with Crippen LogP contribution in [-0.2, 0) is 4.79 Å². The van der Waals surface area contributed by atoms with Gasteiger partial charge in [-0.15, -0.1) is 10.2 Å².